The second kappa shape index (κ2) is 14.1. The third-order valence-corrected chi connectivity index (χ3v) is 11.5. The minimum Gasteiger partial charge on any atom is -0.265 e. The fourth-order valence-electron chi connectivity index (χ4n) is 6.83. The van der Waals surface area contributed by atoms with Gasteiger partial charge < -0.3 is 0 Å². The van der Waals surface area contributed by atoms with Crippen molar-refractivity contribution in [2.75, 3.05) is 0 Å². The van der Waals surface area contributed by atoms with E-state index in [-0.39, 0.29) is 11.1 Å². The standard InChI is InChI=1S/C24H18N6OS.C17H12N6OS/c1-16-5-2-3-6-19(16)30-24(31)22-21(27-30)23-20(11-14-32-23)29(26-22)15-17-7-9-18(10-8-17)28-13-4-12-25-28;24-17-15-14(19-20-17)16-13(6-9-25-16)23(21-15)10-11-2-4-12(5-3-11)22-8-1-7-18-22/h2-14H,15H2,1H3;1-9H,10H2,(H,20,24). The first kappa shape index (κ1) is 34.2. The molecule has 0 atom stereocenters. The Balaban J connectivity index is 0.000000143. The number of nitrogens with one attached hydrogen (secondary N) is 1. The highest BCUT2D eigenvalue weighted by Gasteiger charge is 2.24. The average molecular weight is 787 g/mol. The van der Waals surface area contributed by atoms with E-state index in [1.807, 2.05) is 134 Å². The topological polar surface area (TPSA) is 152 Å². The molecule has 0 saturated heterocycles. The van der Waals surface area contributed by atoms with E-state index in [2.05, 4.69) is 42.7 Å². The molecule has 16 heteroatoms. The van der Waals surface area contributed by atoms with Crippen molar-refractivity contribution < 1.29 is 0 Å². The number of nitrogens with zero attached hydrogens (tertiary/aromatic N) is 11. The first-order chi connectivity index (χ1) is 28.0. The predicted octanol–water partition coefficient (Wildman–Crippen LogP) is 6.81. The molecule has 4 aromatic heterocycles. The van der Waals surface area contributed by atoms with Gasteiger partial charge in [0.15, 0.2) is 11.4 Å². The largest absolute Gasteiger partial charge is 0.301 e. The monoisotopic (exact) mass is 786 g/mol. The van der Waals surface area contributed by atoms with Crippen LogP contribution in [-0.2, 0) is 13.1 Å². The van der Waals surface area contributed by atoms with Crippen LogP contribution >= 0.6 is 22.7 Å². The van der Waals surface area contributed by atoms with Gasteiger partial charge in [-0.3, -0.25) is 19.0 Å². The van der Waals surface area contributed by atoms with Crippen molar-refractivity contribution in [3.63, 3.8) is 0 Å². The molecule has 14 nitrogen and oxygen atoms in total. The maximum atomic E-state index is 13.2. The zero-order chi connectivity index (χ0) is 38.5. The van der Waals surface area contributed by atoms with Crippen LogP contribution in [0.4, 0.5) is 0 Å². The summed E-state index contributed by atoms with van der Waals surface area (Å²) in [7, 11) is 0. The molecule has 0 aliphatic carbocycles. The molecule has 4 aliphatic rings. The van der Waals surface area contributed by atoms with Gasteiger partial charge in [0, 0.05) is 24.8 Å². The molecule has 3 aromatic carbocycles. The number of aryl methyl sites for hydroxylation is 1. The third-order valence-electron chi connectivity index (χ3n) is 9.66. The fraction of sp³-hybridized carbons (Fsp3) is 0.0732. The van der Waals surface area contributed by atoms with Gasteiger partial charge in [-0.15, -0.1) is 22.7 Å². The van der Waals surface area contributed by atoms with Gasteiger partial charge >= 0.3 is 5.56 Å². The Bertz CT molecular complexity index is 3180. The molecule has 8 heterocycles. The lowest BCUT2D eigenvalue weighted by Crippen LogP contribution is -2.18. The highest BCUT2D eigenvalue weighted by molar-refractivity contribution is 7.18. The summed E-state index contributed by atoms with van der Waals surface area (Å²) in [4.78, 5) is 25.2. The lowest BCUT2D eigenvalue weighted by atomic mass is 10.2. The molecule has 7 aromatic rings. The maximum absolute atomic E-state index is 13.2. The molecule has 0 fully saturated rings. The Labute approximate surface area is 330 Å². The number of aromatic amines is 1. The van der Waals surface area contributed by atoms with Crippen LogP contribution in [0.3, 0.4) is 0 Å². The van der Waals surface area contributed by atoms with E-state index < -0.39 is 0 Å². The Morgan fingerprint density at radius 2 is 1.16 bits per heavy atom. The molecular weight excluding hydrogens is 757 g/mol. The summed E-state index contributed by atoms with van der Waals surface area (Å²) in [5.41, 5.74) is 9.47. The van der Waals surface area contributed by atoms with E-state index in [0.29, 0.717) is 35.9 Å². The van der Waals surface area contributed by atoms with Crippen LogP contribution in [0.1, 0.15) is 16.7 Å². The smallest absolute Gasteiger partial charge is 0.265 e. The summed E-state index contributed by atoms with van der Waals surface area (Å²) < 4.78 is 10.8. The summed E-state index contributed by atoms with van der Waals surface area (Å²) in [6.45, 7) is 3.10. The second-order valence-electron chi connectivity index (χ2n) is 13.3. The molecule has 57 heavy (non-hydrogen) atoms. The van der Waals surface area contributed by atoms with E-state index >= 15 is 0 Å². The first-order valence-electron chi connectivity index (χ1n) is 17.9. The molecule has 11 rings (SSSR count). The predicted molar refractivity (Wildman–Crippen MR) is 220 cm³/mol. The summed E-state index contributed by atoms with van der Waals surface area (Å²) in [6.07, 6.45) is 7.33. The molecule has 278 valence electrons. The summed E-state index contributed by atoms with van der Waals surface area (Å²) >= 11 is 3.14. The molecule has 0 bridgehead atoms. The van der Waals surface area contributed by atoms with Gasteiger partial charge in [0.25, 0.3) is 5.56 Å². The van der Waals surface area contributed by atoms with Gasteiger partial charge in [0.1, 0.15) is 11.4 Å². The van der Waals surface area contributed by atoms with Gasteiger partial charge in [-0.2, -0.15) is 35.3 Å². The summed E-state index contributed by atoms with van der Waals surface area (Å²) in [5.74, 6) is 0. The number of hydrogen-bond acceptors (Lipinski definition) is 10. The third kappa shape index (κ3) is 6.22. The SMILES string of the molecule is Cc1ccccc1-n1nc2c3sccc3n(Cc3ccc(-n4cccn4)cc3)nc-2c1=O.O=c1[nH]nc2c3sccc3n(Cc3ccc(-n4cccn4)cc3)nc1-2. The van der Waals surface area contributed by atoms with Crippen LogP contribution in [0.5, 0.6) is 0 Å². The number of thiophene rings is 2. The zero-order valence-electron chi connectivity index (χ0n) is 30.2. The van der Waals surface area contributed by atoms with Gasteiger partial charge in [-0.05, 0) is 89.0 Å². The zero-order valence-corrected chi connectivity index (χ0v) is 31.8. The molecule has 0 spiro atoms. The summed E-state index contributed by atoms with van der Waals surface area (Å²) in [5, 5.41) is 33.0. The van der Waals surface area contributed by atoms with Gasteiger partial charge in [0.05, 0.1) is 50.6 Å². The van der Waals surface area contributed by atoms with E-state index in [0.717, 1.165) is 54.2 Å². The average Bonchev–Trinajstić information content (AvgIpc) is 4.09. The van der Waals surface area contributed by atoms with Gasteiger partial charge in [-0.25, -0.2) is 14.5 Å². The number of hydrogen-bond donors (Lipinski definition) is 1. The van der Waals surface area contributed by atoms with Crippen molar-refractivity contribution in [1.29, 1.82) is 0 Å². The van der Waals surface area contributed by atoms with Crippen molar-refractivity contribution in [2.24, 2.45) is 0 Å². The van der Waals surface area contributed by atoms with Crippen molar-refractivity contribution in [2.45, 2.75) is 20.0 Å². The van der Waals surface area contributed by atoms with E-state index in [9.17, 15) is 9.59 Å². The lowest BCUT2D eigenvalue weighted by molar-refractivity contribution is 0.700. The lowest BCUT2D eigenvalue weighted by Gasteiger charge is -2.10. The van der Waals surface area contributed by atoms with Crippen LogP contribution in [0.2, 0.25) is 0 Å². The van der Waals surface area contributed by atoms with E-state index in [4.69, 9.17) is 5.10 Å². The van der Waals surface area contributed by atoms with Gasteiger partial charge in [0.2, 0.25) is 0 Å². The van der Waals surface area contributed by atoms with Crippen LogP contribution in [0.25, 0.3) is 60.3 Å². The van der Waals surface area contributed by atoms with Crippen molar-refractivity contribution >= 4 is 43.1 Å². The maximum Gasteiger partial charge on any atom is 0.301 e. The molecule has 0 amide bonds. The molecule has 1 N–H and O–H groups in total. The Kier molecular flexibility index (Phi) is 8.45. The number of rotatable bonds is 7. The van der Waals surface area contributed by atoms with Crippen molar-refractivity contribution in [3.8, 4) is 39.8 Å². The Morgan fingerprint density at radius 1 is 0.596 bits per heavy atom. The van der Waals surface area contributed by atoms with Crippen LogP contribution in [0.15, 0.2) is 142 Å². The Hall–Kier alpha value is -7.30. The van der Waals surface area contributed by atoms with Crippen molar-refractivity contribution in [3.05, 3.63) is 170 Å². The van der Waals surface area contributed by atoms with E-state index in [1.54, 1.807) is 35.1 Å². The number of aromatic nitrogens is 12. The Morgan fingerprint density at radius 3 is 1.72 bits per heavy atom. The van der Waals surface area contributed by atoms with Crippen LogP contribution < -0.4 is 11.1 Å². The number of fused-ring (bicyclic) bond motifs is 6. The minimum absolute atomic E-state index is 0.201. The fourth-order valence-corrected chi connectivity index (χ4v) is 8.58. The quantitative estimate of drug-likeness (QED) is 0.185. The van der Waals surface area contributed by atoms with Gasteiger partial charge in [-0.1, -0.05) is 42.5 Å². The van der Waals surface area contributed by atoms with Crippen LogP contribution in [0, 0.1) is 6.92 Å². The summed E-state index contributed by atoms with van der Waals surface area (Å²) in [6, 6.07) is 31.9. The molecule has 0 radical (unpaired) electrons. The highest BCUT2D eigenvalue weighted by Crippen LogP contribution is 2.32. The highest BCUT2D eigenvalue weighted by atomic mass is 32.1. The minimum atomic E-state index is -0.256. The molecule has 0 unspecified atom stereocenters. The molecular formula is C41H30N12O2S2. The number of benzene rings is 3. The number of para-hydroxylation sites is 1. The van der Waals surface area contributed by atoms with Crippen molar-refractivity contribution in [1.82, 2.24) is 59.1 Å². The first-order valence-corrected chi connectivity index (χ1v) is 19.7. The second-order valence-corrected chi connectivity index (χ2v) is 15.1. The molecule has 4 aliphatic heterocycles. The van der Waals surface area contributed by atoms with Crippen LogP contribution in [-0.4, -0.2) is 59.1 Å². The van der Waals surface area contributed by atoms with E-state index in [1.165, 1.54) is 4.68 Å². The molecule has 0 saturated carbocycles. The normalized spacial score (nSPS) is 11.5. The number of H-pyrrole nitrogens is 1.